The van der Waals surface area contributed by atoms with Gasteiger partial charge in [0.05, 0.1) is 0 Å². The lowest BCUT2D eigenvalue weighted by Gasteiger charge is -2.30. The summed E-state index contributed by atoms with van der Waals surface area (Å²) in [4.78, 5) is 4.34. The molecule has 0 bridgehead atoms. The van der Waals surface area contributed by atoms with Gasteiger partial charge in [0.15, 0.2) is 0 Å². The Bertz CT molecular complexity index is 220. The Morgan fingerprint density at radius 3 is 1.38 bits per heavy atom. The van der Waals surface area contributed by atoms with Gasteiger partial charge in [-0.15, -0.1) is 0 Å². The van der Waals surface area contributed by atoms with Crippen molar-refractivity contribution >= 4 is 5.71 Å². The minimum Gasteiger partial charge on any atom is -0.292 e. The molecule has 76 valence electrons. The highest BCUT2D eigenvalue weighted by atomic mass is 14.7. The van der Waals surface area contributed by atoms with Gasteiger partial charge in [-0.05, 0) is 11.0 Å². The van der Waals surface area contributed by atoms with Crippen molar-refractivity contribution in [2.45, 2.75) is 41.5 Å². The molecule has 0 aromatic rings. The molecule has 0 unspecified atom stereocenters. The Morgan fingerprint density at radius 1 is 0.923 bits per heavy atom. The third-order valence-electron chi connectivity index (χ3n) is 2.13. The number of aliphatic imine (C=N–C) groups is 1. The molecule has 1 nitrogen and oxygen atoms in total. The fraction of sp³-hybridized carbons (Fsp3) is 0.750. The Morgan fingerprint density at radius 2 is 1.31 bits per heavy atom. The van der Waals surface area contributed by atoms with E-state index in [4.69, 9.17) is 0 Å². The van der Waals surface area contributed by atoms with Crippen LogP contribution < -0.4 is 0 Å². The van der Waals surface area contributed by atoms with Gasteiger partial charge in [-0.1, -0.05) is 48.1 Å². The van der Waals surface area contributed by atoms with Gasteiger partial charge >= 0.3 is 0 Å². The minimum atomic E-state index is 0.0963. The first-order valence-electron chi connectivity index (χ1n) is 4.77. The fourth-order valence-electron chi connectivity index (χ4n) is 1.28. The zero-order valence-corrected chi connectivity index (χ0v) is 10.2. The molecule has 0 N–H and O–H groups in total. The summed E-state index contributed by atoms with van der Waals surface area (Å²) >= 11 is 0. The van der Waals surface area contributed by atoms with Crippen LogP contribution in [0.1, 0.15) is 41.5 Å². The Kier molecular flexibility index (Phi) is 3.48. The average Bonchev–Trinajstić information content (AvgIpc) is 1.83. The zero-order chi connectivity index (χ0) is 10.9. The molecule has 0 amide bonds. The second-order valence-electron chi connectivity index (χ2n) is 5.55. The van der Waals surface area contributed by atoms with Crippen LogP contribution in [0.15, 0.2) is 17.1 Å². The zero-order valence-electron chi connectivity index (χ0n) is 10.2. The molecule has 0 fully saturated rings. The second-order valence-corrected chi connectivity index (χ2v) is 5.55. The third kappa shape index (κ3) is 3.33. The van der Waals surface area contributed by atoms with Crippen LogP contribution >= 0.6 is 0 Å². The molecule has 0 spiro atoms. The van der Waals surface area contributed by atoms with Crippen LogP contribution in [0.2, 0.25) is 0 Å². The number of rotatable bonds is 1. The molecule has 0 saturated heterocycles. The van der Waals surface area contributed by atoms with Crippen LogP contribution in [0.5, 0.6) is 0 Å². The molecule has 0 aromatic heterocycles. The van der Waals surface area contributed by atoms with Gasteiger partial charge in [-0.3, -0.25) is 4.99 Å². The monoisotopic (exact) mass is 181 g/mol. The first-order valence-corrected chi connectivity index (χ1v) is 4.77. The lowest BCUT2D eigenvalue weighted by atomic mass is 9.76. The molecule has 0 aliphatic heterocycles. The Hall–Kier alpha value is -0.590. The summed E-state index contributed by atoms with van der Waals surface area (Å²) in [6.45, 7) is 17.2. The van der Waals surface area contributed by atoms with Gasteiger partial charge < -0.3 is 0 Å². The summed E-state index contributed by atoms with van der Waals surface area (Å²) < 4.78 is 0. The first-order chi connectivity index (χ1) is 5.60. The quantitative estimate of drug-likeness (QED) is 0.547. The van der Waals surface area contributed by atoms with Crippen molar-refractivity contribution in [2.24, 2.45) is 15.8 Å². The van der Waals surface area contributed by atoms with E-state index in [0.717, 1.165) is 11.3 Å². The summed E-state index contributed by atoms with van der Waals surface area (Å²) in [6.07, 6.45) is 0. The normalized spacial score (nSPS) is 14.5. The Labute approximate surface area is 83.0 Å². The summed E-state index contributed by atoms with van der Waals surface area (Å²) in [5.41, 5.74) is 2.48. The van der Waals surface area contributed by atoms with Crippen molar-refractivity contribution in [3.05, 3.63) is 12.2 Å². The van der Waals surface area contributed by atoms with Crippen LogP contribution in [0.3, 0.4) is 0 Å². The standard InChI is InChI=1S/C12H23N/c1-9(11(2,3)4)10(13-8)12(5,6)7/h1H2,2-8H3. The van der Waals surface area contributed by atoms with Crippen LogP contribution in [-0.4, -0.2) is 12.8 Å². The molecule has 0 heterocycles. The van der Waals surface area contributed by atoms with Crippen LogP contribution in [0.4, 0.5) is 0 Å². The summed E-state index contributed by atoms with van der Waals surface area (Å²) in [7, 11) is 1.84. The van der Waals surface area contributed by atoms with Crippen molar-refractivity contribution in [1.82, 2.24) is 0 Å². The molecule has 0 radical (unpaired) electrons. The van der Waals surface area contributed by atoms with Crippen LogP contribution in [0.25, 0.3) is 0 Å². The number of hydrogen-bond donors (Lipinski definition) is 0. The molecular formula is C12H23N. The van der Waals surface area contributed by atoms with Gasteiger partial charge in [-0.2, -0.15) is 0 Å². The summed E-state index contributed by atoms with van der Waals surface area (Å²) in [6, 6.07) is 0. The van der Waals surface area contributed by atoms with E-state index < -0.39 is 0 Å². The highest BCUT2D eigenvalue weighted by Crippen LogP contribution is 2.31. The highest BCUT2D eigenvalue weighted by Gasteiger charge is 2.27. The molecule has 0 saturated carbocycles. The maximum Gasteiger partial charge on any atom is 0.0429 e. The highest BCUT2D eigenvalue weighted by molar-refractivity contribution is 6.04. The molecule has 0 aliphatic rings. The number of nitrogens with zero attached hydrogens (tertiary/aromatic N) is 1. The minimum absolute atomic E-state index is 0.0963. The Balaban J connectivity index is 4.97. The predicted octanol–water partition coefficient (Wildman–Crippen LogP) is 3.71. The van der Waals surface area contributed by atoms with E-state index in [1.54, 1.807) is 0 Å². The maximum atomic E-state index is 4.34. The largest absolute Gasteiger partial charge is 0.292 e. The summed E-state index contributed by atoms with van der Waals surface area (Å²) in [5, 5.41) is 0. The average molecular weight is 181 g/mol. The topological polar surface area (TPSA) is 12.4 Å². The summed E-state index contributed by atoms with van der Waals surface area (Å²) in [5.74, 6) is 0. The molecule has 0 atom stereocenters. The van der Waals surface area contributed by atoms with Crippen molar-refractivity contribution < 1.29 is 0 Å². The number of allylic oxidation sites excluding steroid dienone is 1. The molecule has 0 rings (SSSR count). The van der Waals surface area contributed by atoms with Gasteiger partial charge in [0.25, 0.3) is 0 Å². The van der Waals surface area contributed by atoms with Gasteiger partial charge in [0.2, 0.25) is 0 Å². The predicted molar refractivity (Wildman–Crippen MR) is 61.4 cm³/mol. The van der Waals surface area contributed by atoms with E-state index in [2.05, 4.69) is 53.1 Å². The molecule has 1 heteroatoms. The van der Waals surface area contributed by atoms with Gasteiger partial charge in [0, 0.05) is 18.2 Å². The first kappa shape index (κ1) is 12.4. The SMILES string of the molecule is C=C(C(=NC)C(C)(C)C)C(C)(C)C. The van der Waals surface area contributed by atoms with Gasteiger partial charge in [-0.25, -0.2) is 0 Å². The van der Waals surface area contributed by atoms with Crippen molar-refractivity contribution in [2.75, 3.05) is 7.05 Å². The fourth-order valence-corrected chi connectivity index (χ4v) is 1.28. The molecule has 13 heavy (non-hydrogen) atoms. The van der Waals surface area contributed by atoms with E-state index in [0.29, 0.717) is 0 Å². The lowest BCUT2D eigenvalue weighted by molar-refractivity contribution is 0.502. The number of hydrogen-bond acceptors (Lipinski definition) is 1. The van der Waals surface area contributed by atoms with Crippen molar-refractivity contribution in [3.63, 3.8) is 0 Å². The lowest BCUT2D eigenvalue weighted by Crippen LogP contribution is -2.28. The van der Waals surface area contributed by atoms with E-state index in [9.17, 15) is 0 Å². The van der Waals surface area contributed by atoms with E-state index >= 15 is 0 Å². The van der Waals surface area contributed by atoms with E-state index in [-0.39, 0.29) is 10.8 Å². The van der Waals surface area contributed by atoms with Gasteiger partial charge in [0.1, 0.15) is 0 Å². The molecular weight excluding hydrogens is 158 g/mol. The van der Waals surface area contributed by atoms with E-state index in [1.807, 2.05) is 7.05 Å². The second kappa shape index (κ2) is 3.65. The molecule has 0 aliphatic carbocycles. The smallest absolute Gasteiger partial charge is 0.0429 e. The van der Waals surface area contributed by atoms with Crippen molar-refractivity contribution in [3.8, 4) is 0 Å². The van der Waals surface area contributed by atoms with Crippen LogP contribution in [0, 0.1) is 10.8 Å². The van der Waals surface area contributed by atoms with E-state index in [1.165, 1.54) is 0 Å². The maximum absolute atomic E-state index is 4.34. The van der Waals surface area contributed by atoms with Crippen molar-refractivity contribution in [1.29, 1.82) is 0 Å². The third-order valence-corrected chi connectivity index (χ3v) is 2.13. The van der Waals surface area contributed by atoms with Crippen LogP contribution in [-0.2, 0) is 0 Å². The molecule has 0 aromatic carbocycles.